The van der Waals surface area contributed by atoms with Gasteiger partial charge in [0.15, 0.2) is 0 Å². The first-order valence-corrected chi connectivity index (χ1v) is 7.77. The molecule has 1 aromatic heterocycles. The van der Waals surface area contributed by atoms with E-state index in [4.69, 9.17) is 10.5 Å². The van der Waals surface area contributed by atoms with Crippen LogP contribution in [0.2, 0.25) is 0 Å². The lowest BCUT2D eigenvalue weighted by molar-refractivity contribution is 0.179. The summed E-state index contributed by atoms with van der Waals surface area (Å²) < 4.78 is 30.7. The predicted octanol–water partition coefficient (Wildman–Crippen LogP) is -0.139. The fourth-order valence-corrected chi connectivity index (χ4v) is 3.14. The van der Waals surface area contributed by atoms with Crippen molar-refractivity contribution in [2.75, 3.05) is 39.1 Å². The third-order valence-electron chi connectivity index (χ3n) is 2.71. The number of ether oxygens (including phenoxy) is 1. The molecule has 6 nitrogen and oxygen atoms in total. The van der Waals surface area contributed by atoms with Crippen LogP contribution in [0.15, 0.2) is 24.5 Å². The summed E-state index contributed by atoms with van der Waals surface area (Å²) in [6, 6.07) is 3.63. The Kier molecular flexibility index (Phi) is 6.93. The van der Waals surface area contributed by atoms with Gasteiger partial charge in [0.05, 0.1) is 12.4 Å². The number of nitrogens with two attached hydrogens (primary N) is 1. The van der Waals surface area contributed by atoms with Gasteiger partial charge in [-0.2, -0.15) is 4.31 Å². The maximum atomic E-state index is 12.2. The van der Waals surface area contributed by atoms with Crippen LogP contribution < -0.4 is 5.73 Å². The van der Waals surface area contributed by atoms with E-state index in [0.717, 1.165) is 5.56 Å². The second-order valence-corrected chi connectivity index (χ2v) is 6.19. The Morgan fingerprint density at radius 3 is 2.58 bits per heavy atom. The third kappa shape index (κ3) is 5.65. The topological polar surface area (TPSA) is 85.5 Å². The van der Waals surface area contributed by atoms with Crippen molar-refractivity contribution in [3.05, 3.63) is 30.1 Å². The molecular weight excluding hydrogens is 266 g/mol. The van der Waals surface area contributed by atoms with Crippen LogP contribution in [0.5, 0.6) is 0 Å². The van der Waals surface area contributed by atoms with Crippen molar-refractivity contribution < 1.29 is 13.2 Å². The zero-order valence-electron chi connectivity index (χ0n) is 11.2. The van der Waals surface area contributed by atoms with Gasteiger partial charge in [0.1, 0.15) is 0 Å². The third-order valence-corrected chi connectivity index (χ3v) is 4.59. The van der Waals surface area contributed by atoms with Gasteiger partial charge in [0, 0.05) is 39.1 Å². The molecule has 0 bridgehead atoms. The van der Waals surface area contributed by atoms with Gasteiger partial charge in [-0.3, -0.25) is 4.98 Å². The van der Waals surface area contributed by atoms with Crippen molar-refractivity contribution in [3.8, 4) is 0 Å². The van der Waals surface area contributed by atoms with Crippen LogP contribution in [0.1, 0.15) is 5.56 Å². The lowest BCUT2D eigenvalue weighted by atomic mass is 10.2. The highest BCUT2D eigenvalue weighted by Gasteiger charge is 2.20. The zero-order valence-corrected chi connectivity index (χ0v) is 12.0. The van der Waals surface area contributed by atoms with Crippen LogP contribution in [0.4, 0.5) is 0 Å². The summed E-state index contributed by atoms with van der Waals surface area (Å²) in [6.45, 7) is 1.33. The molecule has 0 spiro atoms. The molecule has 1 heterocycles. The summed E-state index contributed by atoms with van der Waals surface area (Å²) in [5, 5.41) is 0. The minimum Gasteiger partial charge on any atom is -0.383 e. The van der Waals surface area contributed by atoms with E-state index in [9.17, 15) is 8.42 Å². The van der Waals surface area contributed by atoms with Gasteiger partial charge >= 0.3 is 0 Å². The highest BCUT2D eigenvalue weighted by Crippen LogP contribution is 2.06. The number of rotatable bonds is 9. The number of sulfonamides is 1. The number of nitrogens with zero attached hydrogens (tertiary/aromatic N) is 2. The van der Waals surface area contributed by atoms with Gasteiger partial charge in [-0.25, -0.2) is 8.42 Å². The van der Waals surface area contributed by atoms with Crippen molar-refractivity contribution >= 4 is 10.0 Å². The van der Waals surface area contributed by atoms with E-state index in [0.29, 0.717) is 32.7 Å². The number of aromatic nitrogens is 1. The maximum absolute atomic E-state index is 12.2. The van der Waals surface area contributed by atoms with E-state index in [1.807, 2.05) is 12.1 Å². The van der Waals surface area contributed by atoms with Crippen LogP contribution in [-0.2, 0) is 21.2 Å². The molecule has 0 aromatic carbocycles. The molecule has 108 valence electrons. The number of methoxy groups -OCH3 is 1. The molecular formula is C12H21N3O3S. The van der Waals surface area contributed by atoms with Gasteiger partial charge in [-0.1, -0.05) is 0 Å². The summed E-state index contributed by atoms with van der Waals surface area (Å²) in [7, 11) is -1.76. The average Bonchev–Trinajstić information content (AvgIpc) is 2.42. The Morgan fingerprint density at radius 1 is 1.32 bits per heavy atom. The van der Waals surface area contributed by atoms with Gasteiger partial charge in [-0.05, 0) is 24.1 Å². The summed E-state index contributed by atoms with van der Waals surface area (Å²) in [5.41, 5.74) is 6.41. The van der Waals surface area contributed by atoms with Crippen LogP contribution in [0, 0.1) is 0 Å². The first-order valence-electron chi connectivity index (χ1n) is 6.16. The first-order chi connectivity index (χ1) is 9.10. The average molecular weight is 287 g/mol. The van der Waals surface area contributed by atoms with Crippen molar-refractivity contribution in [1.82, 2.24) is 9.29 Å². The normalized spacial score (nSPS) is 11.9. The quantitative estimate of drug-likeness (QED) is 0.683. The van der Waals surface area contributed by atoms with E-state index in [-0.39, 0.29) is 5.75 Å². The second kappa shape index (κ2) is 8.21. The van der Waals surface area contributed by atoms with E-state index >= 15 is 0 Å². The Hall–Kier alpha value is -1.02. The number of hydrogen-bond acceptors (Lipinski definition) is 5. The Balaban J connectivity index is 2.61. The molecule has 0 atom stereocenters. The minimum absolute atomic E-state index is 0.0702. The number of aryl methyl sites for hydroxylation is 1. The summed E-state index contributed by atoms with van der Waals surface area (Å²) in [5.74, 6) is 0.0702. The van der Waals surface area contributed by atoms with Crippen LogP contribution >= 0.6 is 0 Å². The molecule has 19 heavy (non-hydrogen) atoms. The molecule has 2 N–H and O–H groups in total. The molecule has 0 aliphatic carbocycles. The highest BCUT2D eigenvalue weighted by atomic mass is 32.2. The molecule has 0 saturated heterocycles. The summed E-state index contributed by atoms with van der Waals surface area (Å²) in [4.78, 5) is 3.90. The maximum Gasteiger partial charge on any atom is 0.214 e. The smallest absolute Gasteiger partial charge is 0.214 e. The zero-order chi connectivity index (χ0) is 14.1. The van der Waals surface area contributed by atoms with Crippen LogP contribution in [0.25, 0.3) is 0 Å². The molecule has 0 radical (unpaired) electrons. The van der Waals surface area contributed by atoms with E-state index in [1.165, 1.54) is 4.31 Å². The molecule has 0 aliphatic rings. The molecule has 0 fully saturated rings. The van der Waals surface area contributed by atoms with Crippen molar-refractivity contribution in [3.63, 3.8) is 0 Å². The molecule has 1 aromatic rings. The van der Waals surface area contributed by atoms with Crippen LogP contribution in [-0.4, -0.2) is 56.8 Å². The van der Waals surface area contributed by atoms with Crippen molar-refractivity contribution in [1.29, 1.82) is 0 Å². The Morgan fingerprint density at radius 2 is 2.00 bits per heavy atom. The monoisotopic (exact) mass is 287 g/mol. The molecule has 7 heteroatoms. The highest BCUT2D eigenvalue weighted by molar-refractivity contribution is 7.89. The van der Waals surface area contributed by atoms with Gasteiger partial charge in [0.25, 0.3) is 0 Å². The standard InChI is InChI=1S/C12H21N3O3S/c1-18-10-9-15(8-5-13)19(16,17)11-4-12-2-6-14-7-3-12/h2-3,6-7H,4-5,8-11,13H2,1H3. The fourth-order valence-electron chi connectivity index (χ4n) is 1.65. The molecule has 0 saturated carbocycles. The summed E-state index contributed by atoms with van der Waals surface area (Å²) in [6.07, 6.45) is 3.79. The minimum atomic E-state index is -3.30. The van der Waals surface area contributed by atoms with Crippen molar-refractivity contribution in [2.24, 2.45) is 5.73 Å². The Labute approximate surface area is 114 Å². The predicted molar refractivity (Wildman–Crippen MR) is 74.2 cm³/mol. The largest absolute Gasteiger partial charge is 0.383 e. The van der Waals surface area contributed by atoms with Crippen LogP contribution in [0.3, 0.4) is 0 Å². The lowest BCUT2D eigenvalue weighted by Crippen LogP contribution is -2.39. The second-order valence-electron chi connectivity index (χ2n) is 4.10. The summed E-state index contributed by atoms with van der Waals surface area (Å²) >= 11 is 0. The van der Waals surface area contributed by atoms with Gasteiger partial charge < -0.3 is 10.5 Å². The lowest BCUT2D eigenvalue weighted by Gasteiger charge is -2.21. The fraction of sp³-hybridized carbons (Fsp3) is 0.583. The van der Waals surface area contributed by atoms with Gasteiger partial charge in [0.2, 0.25) is 10.0 Å². The number of hydrogen-bond donors (Lipinski definition) is 1. The molecule has 0 amide bonds. The SMILES string of the molecule is COCCN(CCN)S(=O)(=O)CCc1ccncc1. The molecule has 1 rings (SSSR count). The van der Waals surface area contributed by atoms with E-state index < -0.39 is 10.0 Å². The molecule has 0 aliphatic heterocycles. The molecule has 0 unspecified atom stereocenters. The Bertz CT molecular complexity index is 451. The van der Waals surface area contributed by atoms with E-state index in [2.05, 4.69) is 4.98 Å². The van der Waals surface area contributed by atoms with Gasteiger partial charge in [-0.15, -0.1) is 0 Å². The first kappa shape index (κ1) is 16.0. The number of pyridine rings is 1. The van der Waals surface area contributed by atoms with E-state index in [1.54, 1.807) is 19.5 Å². The van der Waals surface area contributed by atoms with Crippen molar-refractivity contribution in [2.45, 2.75) is 6.42 Å².